The van der Waals surface area contributed by atoms with Crippen LogP contribution in [0.2, 0.25) is 10.0 Å². The lowest BCUT2D eigenvalue weighted by Gasteiger charge is -2.24. The first-order valence-corrected chi connectivity index (χ1v) is 7.73. The predicted octanol–water partition coefficient (Wildman–Crippen LogP) is 3.54. The van der Waals surface area contributed by atoms with Crippen molar-refractivity contribution in [1.29, 1.82) is 0 Å². The zero-order valence-electron chi connectivity index (χ0n) is 12.1. The molecule has 1 aliphatic rings. The monoisotopic (exact) mass is 339 g/mol. The molecule has 2 heterocycles. The number of carbonyl (C=O) groups is 1. The van der Waals surface area contributed by atoms with Gasteiger partial charge in [0.15, 0.2) is 0 Å². The summed E-state index contributed by atoms with van der Waals surface area (Å²) in [7, 11) is 0. The Labute approximate surface area is 137 Å². The van der Waals surface area contributed by atoms with Crippen molar-refractivity contribution in [2.24, 2.45) is 0 Å². The van der Waals surface area contributed by atoms with Gasteiger partial charge in [0.2, 0.25) is 5.91 Å². The van der Waals surface area contributed by atoms with Gasteiger partial charge in [0.25, 0.3) is 5.56 Å². The molecule has 1 aromatic carbocycles. The number of aromatic nitrogens is 2. The third-order valence-corrected chi connectivity index (χ3v) is 4.38. The Morgan fingerprint density at radius 3 is 2.64 bits per heavy atom. The summed E-state index contributed by atoms with van der Waals surface area (Å²) >= 11 is 12.2. The maximum Gasteiger partial charge on any atom is 0.270 e. The molecule has 2 aromatic rings. The number of benzene rings is 1. The van der Waals surface area contributed by atoms with E-state index in [2.05, 4.69) is 10.4 Å². The number of amides is 1. The molecule has 1 aliphatic heterocycles. The molecule has 116 valence electrons. The molecule has 0 saturated carbocycles. The number of halogens is 2. The smallest absolute Gasteiger partial charge is 0.270 e. The lowest BCUT2D eigenvalue weighted by Crippen LogP contribution is -2.27. The highest BCUT2D eigenvalue weighted by Crippen LogP contribution is 2.39. The molecule has 7 heteroatoms. The van der Waals surface area contributed by atoms with Gasteiger partial charge in [-0.15, -0.1) is 0 Å². The van der Waals surface area contributed by atoms with Crippen LogP contribution in [0.4, 0.5) is 5.82 Å². The Balaban J connectivity index is 2.20. The second-order valence-electron chi connectivity index (χ2n) is 5.64. The van der Waals surface area contributed by atoms with Crippen LogP contribution in [-0.4, -0.2) is 15.7 Å². The summed E-state index contributed by atoms with van der Waals surface area (Å²) < 4.78 is 1.67. The van der Waals surface area contributed by atoms with Gasteiger partial charge in [-0.3, -0.25) is 19.4 Å². The van der Waals surface area contributed by atoms with E-state index in [0.29, 0.717) is 21.4 Å². The minimum atomic E-state index is -0.378. The maximum absolute atomic E-state index is 12.4. The third kappa shape index (κ3) is 2.44. The number of carbonyl (C=O) groups excluding carboxylic acids is 1. The zero-order chi connectivity index (χ0) is 16.0. The number of fused-ring (bicyclic) bond motifs is 1. The molecular formula is C15H15Cl2N3O2. The molecule has 3 rings (SSSR count). The van der Waals surface area contributed by atoms with E-state index in [0.717, 1.165) is 5.56 Å². The number of nitrogens with one attached hydrogen (secondary N) is 2. The van der Waals surface area contributed by atoms with Crippen molar-refractivity contribution in [3.8, 4) is 0 Å². The molecule has 2 N–H and O–H groups in total. The van der Waals surface area contributed by atoms with Gasteiger partial charge in [0.05, 0.1) is 5.56 Å². The number of rotatable bonds is 2. The van der Waals surface area contributed by atoms with E-state index >= 15 is 0 Å². The van der Waals surface area contributed by atoms with Crippen LogP contribution in [0, 0.1) is 0 Å². The number of hydrogen-bond donors (Lipinski definition) is 2. The molecule has 0 fully saturated rings. The fourth-order valence-electron chi connectivity index (χ4n) is 2.82. The van der Waals surface area contributed by atoms with Crippen molar-refractivity contribution in [2.75, 3.05) is 5.32 Å². The van der Waals surface area contributed by atoms with Gasteiger partial charge in [-0.1, -0.05) is 29.3 Å². The lowest BCUT2D eigenvalue weighted by molar-refractivity contribution is -0.116. The molecule has 0 aliphatic carbocycles. The first kappa shape index (κ1) is 15.2. The minimum Gasteiger partial charge on any atom is -0.311 e. The standard InChI is InChI=1S/C15H15Cl2N3O2/c1-7(2)20-14-13(15(22)19-20)10(6-12(21)18-14)9-4-3-8(16)5-11(9)17/h3-5,7,10H,6H2,1-2H3,(H,18,21)(H,19,22). The number of anilines is 1. The molecule has 0 bridgehead atoms. The van der Waals surface area contributed by atoms with Crippen LogP contribution >= 0.6 is 23.2 Å². The van der Waals surface area contributed by atoms with Crippen molar-refractivity contribution in [3.05, 3.63) is 49.7 Å². The summed E-state index contributed by atoms with van der Waals surface area (Å²) in [5.74, 6) is 0.00134. The van der Waals surface area contributed by atoms with Gasteiger partial charge in [0, 0.05) is 28.4 Å². The van der Waals surface area contributed by atoms with Gasteiger partial charge in [-0.25, -0.2) is 0 Å². The molecule has 1 unspecified atom stereocenters. The summed E-state index contributed by atoms with van der Waals surface area (Å²) in [6.07, 6.45) is 0.180. The van der Waals surface area contributed by atoms with Crippen molar-refractivity contribution in [1.82, 2.24) is 9.78 Å². The first-order valence-electron chi connectivity index (χ1n) is 6.97. The molecule has 1 aromatic heterocycles. The second kappa shape index (κ2) is 5.48. The minimum absolute atomic E-state index is 0.0242. The zero-order valence-corrected chi connectivity index (χ0v) is 13.6. The fraction of sp³-hybridized carbons (Fsp3) is 0.333. The molecule has 5 nitrogen and oxygen atoms in total. The number of nitrogens with zero attached hydrogens (tertiary/aromatic N) is 1. The van der Waals surface area contributed by atoms with Crippen LogP contribution < -0.4 is 10.9 Å². The fourth-order valence-corrected chi connectivity index (χ4v) is 3.36. The SMILES string of the molecule is CC(C)n1[nH]c(=O)c2c1NC(=O)CC2c1ccc(Cl)cc1Cl. The third-order valence-electron chi connectivity index (χ3n) is 3.81. The summed E-state index contributed by atoms with van der Waals surface area (Å²) in [5, 5.41) is 6.54. The Kier molecular flexibility index (Phi) is 3.78. The lowest BCUT2D eigenvalue weighted by atomic mass is 9.87. The summed E-state index contributed by atoms with van der Waals surface area (Å²) in [5.41, 5.74) is 1.06. The number of H-pyrrole nitrogens is 1. The summed E-state index contributed by atoms with van der Waals surface area (Å²) in [6.45, 7) is 3.86. The van der Waals surface area contributed by atoms with E-state index in [1.807, 2.05) is 13.8 Å². The van der Waals surface area contributed by atoms with E-state index in [1.165, 1.54) is 0 Å². The molecular weight excluding hydrogens is 325 g/mol. The average molecular weight is 340 g/mol. The Morgan fingerprint density at radius 2 is 2.00 bits per heavy atom. The van der Waals surface area contributed by atoms with E-state index in [-0.39, 0.29) is 29.8 Å². The highest BCUT2D eigenvalue weighted by molar-refractivity contribution is 6.35. The van der Waals surface area contributed by atoms with E-state index in [4.69, 9.17) is 23.2 Å². The number of hydrogen-bond acceptors (Lipinski definition) is 2. The van der Waals surface area contributed by atoms with Crippen LogP contribution in [0.5, 0.6) is 0 Å². The van der Waals surface area contributed by atoms with Gasteiger partial charge >= 0.3 is 0 Å². The van der Waals surface area contributed by atoms with Crippen molar-refractivity contribution < 1.29 is 4.79 Å². The molecule has 0 saturated heterocycles. The molecule has 1 amide bonds. The van der Waals surface area contributed by atoms with Crippen LogP contribution in [0.1, 0.15) is 43.4 Å². The van der Waals surface area contributed by atoms with Gasteiger partial charge in [-0.2, -0.15) is 0 Å². The highest BCUT2D eigenvalue weighted by Gasteiger charge is 2.33. The summed E-state index contributed by atoms with van der Waals surface area (Å²) in [4.78, 5) is 24.4. The van der Waals surface area contributed by atoms with Crippen LogP contribution in [0.25, 0.3) is 0 Å². The van der Waals surface area contributed by atoms with Crippen LogP contribution in [-0.2, 0) is 4.79 Å². The van der Waals surface area contributed by atoms with Crippen molar-refractivity contribution >= 4 is 34.9 Å². The molecule has 0 radical (unpaired) electrons. The first-order chi connectivity index (χ1) is 10.4. The van der Waals surface area contributed by atoms with Gasteiger partial charge in [-0.05, 0) is 31.5 Å². The molecule has 1 atom stereocenters. The molecule has 22 heavy (non-hydrogen) atoms. The van der Waals surface area contributed by atoms with Crippen molar-refractivity contribution in [3.63, 3.8) is 0 Å². The Bertz CT molecular complexity index is 808. The quantitative estimate of drug-likeness (QED) is 0.878. The Hall–Kier alpha value is -1.72. The second-order valence-corrected chi connectivity index (χ2v) is 6.48. The van der Waals surface area contributed by atoms with E-state index in [1.54, 1.807) is 22.9 Å². The van der Waals surface area contributed by atoms with E-state index in [9.17, 15) is 9.59 Å². The molecule has 0 spiro atoms. The normalized spacial score (nSPS) is 17.5. The van der Waals surface area contributed by atoms with Crippen LogP contribution in [0.3, 0.4) is 0 Å². The maximum atomic E-state index is 12.4. The predicted molar refractivity (Wildman–Crippen MR) is 87.0 cm³/mol. The van der Waals surface area contributed by atoms with Crippen molar-refractivity contribution in [2.45, 2.75) is 32.2 Å². The van der Waals surface area contributed by atoms with Crippen LogP contribution in [0.15, 0.2) is 23.0 Å². The Morgan fingerprint density at radius 1 is 1.27 bits per heavy atom. The largest absolute Gasteiger partial charge is 0.311 e. The topological polar surface area (TPSA) is 66.9 Å². The highest BCUT2D eigenvalue weighted by atomic mass is 35.5. The number of aromatic amines is 1. The van der Waals surface area contributed by atoms with Gasteiger partial charge < -0.3 is 5.32 Å². The summed E-state index contributed by atoms with van der Waals surface area (Å²) in [6, 6.07) is 5.13. The van der Waals surface area contributed by atoms with E-state index < -0.39 is 0 Å². The van der Waals surface area contributed by atoms with Gasteiger partial charge in [0.1, 0.15) is 5.82 Å². The average Bonchev–Trinajstić information content (AvgIpc) is 2.75.